The molecule has 0 atom stereocenters. The lowest BCUT2D eigenvalue weighted by Crippen LogP contribution is -2.36. The summed E-state index contributed by atoms with van der Waals surface area (Å²) in [5, 5.41) is 8.89. The lowest BCUT2D eigenvalue weighted by atomic mass is 10.2. The molecule has 0 bridgehead atoms. The van der Waals surface area contributed by atoms with Crippen LogP contribution in [0.1, 0.15) is 43.0 Å². The summed E-state index contributed by atoms with van der Waals surface area (Å²) in [4.78, 5) is 32.2. The molecular formula is C12H16ClN3O3. The van der Waals surface area contributed by atoms with Crippen LogP contribution in [0.4, 0.5) is 0 Å². The van der Waals surface area contributed by atoms with Gasteiger partial charge >= 0.3 is 5.97 Å². The fraction of sp³-hybridized carbons (Fsp3) is 0.500. The Morgan fingerprint density at radius 3 is 2.58 bits per heavy atom. The number of hydrogen-bond donors (Lipinski definition) is 1. The highest BCUT2D eigenvalue weighted by molar-refractivity contribution is 6.33. The van der Waals surface area contributed by atoms with Gasteiger partial charge < -0.3 is 10.0 Å². The van der Waals surface area contributed by atoms with E-state index in [-0.39, 0.29) is 29.7 Å². The number of rotatable bonds is 5. The summed E-state index contributed by atoms with van der Waals surface area (Å²) in [7, 11) is 0. The Hall–Kier alpha value is -1.69. The van der Waals surface area contributed by atoms with Crippen molar-refractivity contribution < 1.29 is 14.7 Å². The van der Waals surface area contributed by atoms with Gasteiger partial charge in [-0.3, -0.25) is 9.59 Å². The highest BCUT2D eigenvalue weighted by Crippen LogP contribution is 2.17. The predicted octanol–water partition coefficient (Wildman–Crippen LogP) is 1.80. The van der Waals surface area contributed by atoms with Crippen LogP contribution in [0.3, 0.4) is 0 Å². The zero-order valence-corrected chi connectivity index (χ0v) is 11.8. The third-order valence-corrected chi connectivity index (χ3v) is 2.75. The molecule has 1 amide bonds. The Labute approximate surface area is 116 Å². The van der Waals surface area contributed by atoms with Crippen LogP contribution in [-0.4, -0.2) is 44.9 Å². The van der Waals surface area contributed by atoms with Crippen LogP contribution in [0.2, 0.25) is 5.02 Å². The summed E-state index contributed by atoms with van der Waals surface area (Å²) in [5.41, 5.74) is 0.0449. The largest absolute Gasteiger partial charge is 0.480 e. The molecule has 0 radical (unpaired) electrons. The van der Waals surface area contributed by atoms with Crippen LogP contribution in [-0.2, 0) is 4.79 Å². The Balaban J connectivity index is 3.09. The van der Waals surface area contributed by atoms with Gasteiger partial charge in [-0.1, -0.05) is 25.4 Å². The van der Waals surface area contributed by atoms with Gasteiger partial charge in [-0.25, -0.2) is 9.97 Å². The monoisotopic (exact) mass is 285 g/mol. The zero-order valence-electron chi connectivity index (χ0n) is 11.1. The standard InChI is InChI=1S/C12H16ClN3O3/c1-4-16(6-9(17)18)12(19)10-8(13)5-14-11(15-10)7(2)3/h5,7H,4,6H2,1-3H3,(H,17,18). The summed E-state index contributed by atoms with van der Waals surface area (Å²) in [6, 6.07) is 0. The van der Waals surface area contributed by atoms with E-state index in [1.165, 1.54) is 11.1 Å². The molecule has 1 rings (SSSR count). The van der Waals surface area contributed by atoms with E-state index < -0.39 is 11.9 Å². The number of aromatic nitrogens is 2. The Kier molecular flexibility index (Phi) is 5.23. The maximum atomic E-state index is 12.2. The Bertz CT molecular complexity index is 491. The molecule has 0 aromatic carbocycles. The van der Waals surface area contributed by atoms with Crippen molar-refractivity contribution >= 4 is 23.5 Å². The molecule has 0 saturated heterocycles. The topological polar surface area (TPSA) is 83.4 Å². The SMILES string of the molecule is CCN(CC(=O)O)C(=O)c1nc(C(C)C)ncc1Cl. The Morgan fingerprint density at radius 2 is 2.11 bits per heavy atom. The lowest BCUT2D eigenvalue weighted by molar-refractivity contribution is -0.137. The van der Waals surface area contributed by atoms with Crippen LogP contribution < -0.4 is 0 Å². The van der Waals surface area contributed by atoms with Gasteiger partial charge in [0.05, 0.1) is 11.2 Å². The molecule has 1 aromatic rings. The summed E-state index contributed by atoms with van der Waals surface area (Å²) in [5.74, 6) is -1.03. The molecule has 0 aliphatic rings. The molecular weight excluding hydrogens is 270 g/mol. The first-order valence-corrected chi connectivity index (χ1v) is 6.28. The predicted molar refractivity (Wildman–Crippen MR) is 70.3 cm³/mol. The second-order valence-electron chi connectivity index (χ2n) is 4.29. The number of carbonyl (C=O) groups is 2. The van der Waals surface area contributed by atoms with Crippen molar-refractivity contribution in [1.82, 2.24) is 14.9 Å². The second kappa shape index (κ2) is 6.47. The molecule has 19 heavy (non-hydrogen) atoms. The number of carboxylic acids is 1. The van der Waals surface area contributed by atoms with Gasteiger partial charge in [0.15, 0.2) is 5.69 Å². The van der Waals surface area contributed by atoms with Gasteiger partial charge in [0.1, 0.15) is 12.4 Å². The van der Waals surface area contributed by atoms with Gasteiger partial charge in [0.2, 0.25) is 0 Å². The van der Waals surface area contributed by atoms with Crippen molar-refractivity contribution in [2.45, 2.75) is 26.7 Å². The Morgan fingerprint density at radius 1 is 1.47 bits per heavy atom. The minimum absolute atomic E-state index is 0.0449. The fourth-order valence-electron chi connectivity index (χ4n) is 1.45. The van der Waals surface area contributed by atoms with Crippen molar-refractivity contribution in [2.24, 2.45) is 0 Å². The number of nitrogens with zero attached hydrogens (tertiary/aromatic N) is 3. The fourth-order valence-corrected chi connectivity index (χ4v) is 1.62. The average Bonchev–Trinajstić information content (AvgIpc) is 2.35. The molecule has 1 N–H and O–H groups in total. The molecule has 0 aliphatic carbocycles. The average molecular weight is 286 g/mol. The van der Waals surface area contributed by atoms with Crippen molar-refractivity contribution in [1.29, 1.82) is 0 Å². The first kappa shape index (κ1) is 15.4. The first-order chi connectivity index (χ1) is 8.86. The van der Waals surface area contributed by atoms with Gasteiger partial charge in [0, 0.05) is 12.5 Å². The zero-order chi connectivity index (χ0) is 14.6. The molecule has 0 aliphatic heterocycles. The first-order valence-electron chi connectivity index (χ1n) is 5.90. The molecule has 0 unspecified atom stereocenters. The number of carboxylic acid groups (broad SMARTS) is 1. The van der Waals surface area contributed by atoms with E-state index in [2.05, 4.69) is 9.97 Å². The summed E-state index contributed by atoms with van der Waals surface area (Å²) < 4.78 is 0. The second-order valence-corrected chi connectivity index (χ2v) is 4.70. The minimum atomic E-state index is -1.08. The number of amides is 1. The van der Waals surface area contributed by atoms with Crippen molar-refractivity contribution in [2.75, 3.05) is 13.1 Å². The van der Waals surface area contributed by atoms with Crippen LogP contribution in [0.5, 0.6) is 0 Å². The van der Waals surface area contributed by atoms with E-state index in [4.69, 9.17) is 16.7 Å². The highest BCUT2D eigenvalue weighted by atomic mass is 35.5. The quantitative estimate of drug-likeness (QED) is 0.892. The number of carbonyl (C=O) groups excluding carboxylic acids is 1. The van der Waals surface area contributed by atoms with E-state index in [0.29, 0.717) is 5.82 Å². The molecule has 0 saturated carbocycles. The highest BCUT2D eigenvalue weighted by Gasteiger charge is 2.22. The van der Waals surface area contributed by atoms with Crippen LogP contribution in [0.25, 0.3) is 0 Å². The van der Waals surface area contributed by atoms with Crippen molar-refractivity contribution in [3.8, 4) is 0 Å². The van der Waals surface area contributed by atoms with Crippen molar-refractivity contribution in [3.63, 3.8) is 0 Å². The molecule has 0 fully saturated rings. The molecule has 1 heterocycles. The smallest absolute Gasteiger partial charge is 0.323 e. The molecule has 7 heteroatoms. The van der Waals surface area contributed by atoms with E-state index in [1.807, 2.05) is 13.8 Å². The maximum absolute atomic E-state index is 12.2. The van der Waals surface area contributed by atoms with E-state index in [1.54, 1.807) is 6.92 Å². The number of aliphatic carboxylic acids is 1. The molecule has 1 aromatic heterocycles. The van der Waals surface area contributed by atoms with Gasteiger partial charge in [-0.15, -0.1) is 0 Å². The lowest BCUT2D eigenvalue weighted by Gasteiger charge is -2.19. The summed E-state index contributed by atoms with van der Waals surface area (Å²) in [6.45, 7) is 5.37. The summed E-state index contributed by atoms with van der Waals surface area (Å²) >= 11 is 5.91. The van der Waals surface area contributed by atoms with Crippen LogP contribution >= 0.6 is 11.6 Å². The number of halogens is 1. The molecule has 104 valence electrons. The number of likely N-dealkylation sites (N-methyl/N-ethyl adjacent to an activating group) is 1. The third kappa shape index (κ3) is 3.89. The maximum Gasteiger partial charge on any atom is 0.323 e. The van der Waals surface area contributed by atoms with Crippen LogP contribution in [0, 0.1) is 0 Å². The normalized spacial score (nSPS) is 10.6. The minimum Gasteiger partial charge on any atom is -0.480 e. The van der Waals surface area contributed by atoms with E-state index >= 15 is 0 Å². The van der Waals surface area contributed by atoms with Crippen molar-refractivity contribution in [3.05, 3.63) is 22.7 Å². The van der Waals surface area contributed by atoms with E-state index in [9.17, 15) is 9.59 Å². The van der Waals surface area contributed by atoms with Gasteiger partial charge in [0.25, 0.3) is 5.91 Å². The van der Waals surface area contributed by atoms with E-state index in [0.717, 1.165) is 0 Å². The summed E-state index contributed by atoms with van der Waals surface area (Å²) in [6.07, 6.45) is 1.37. The third-order valence-electron chi connectivity index (χ3n) is 2.48. The molecule has 0 spiro atoms. The van der Waals surface area contributed by atoms with Crippen LogP contribution in [0.15, 0.2) is 6.20 Å². The number of hydrogen-bond acceptors (Lipinski definition) is 4. The molecule has 6 nitrogen and oxygen atoms in total. The van der Waals surface area contributed by atoms with Gasteiger partial charge in [-0.2, -0.15) is 0 Å². The van der Waals surface area contributed by atoms with Gasteiger partial charge in [-0.05, 0) is 6.92 Å².